The average Bonchev–Trinajstić information content (AvgIpc) is 2.48. The van der Waals surface area contributed by atoms with E-state index >= 15 is 0 Å². The van der Waals surface area contributed by atoms with Gasteiger partial charge in [0.15, 0.2) is 16.6 Å². The second kappa shape index (κ2) is 7.76. The standard InChI is InChI=1S/C20H30O3Si2/c1-24(2,3)23-25(4,5)15-14-20(16-6-10-18(21)11-7-16)17-8-12-19(22)13-9-17/h6-13,20-22H,14-15H2,1-5H3. The monoisotopic (exact) mass is 374 g/mol. The first-order chi connectivity index (χ1) is 11.6. The molecule has 2 rings (SSSR count). The van der Waals surface area contributed by atoms with Crippen LogP contribution in [0.15, 0.2) is 48.5 Å². The van der Waals surface area contributed by atoms with Crippen LogP contribution in [0.25, 0.3) is 0 Å². The van der Waals surface area contributed by atoms with Gasteiger partial charge in [-0.05, 0) is 80.6 Å². The fraction of sp³-hybridized carbons (Fsp3) is 0.400. The molecule has 5 heteroatoms. The van der Waals surface area contributed by atoms with E-state index in [9.17, 15) is 10.2 Å². The fourth-order valence-electron chi connectivity index (χ4n) is 3.31. The Kier molecular flexibility index (Phi) is 6.14. The van der Waals surface area contributed by atoms with Crippen molar-refractivity contribution >= 4 is 16.6 Å². The Bertz CT molecular complexity index is 628. The SMILES string of the molecule is C[Si](C)(C)O[Si](C)(C)CCC(c1ccc(O)cc1)c1ccc(O)cc1. The predicted octanol–water partition coefficient (Wildman–Crippen LogP) is 5.68. The van der Waals surface area contributed by atoms with E-state index in [1.807, 2.05) is 24.3 Å². The lowest BCUT2D eigenvalue weighted by Gasteiger charge is -2.33. The molecule has 2 aromatic rings. The minimum Gasteiger partial charge on any atom is -0.508 e. The largest absolute Gasteiger partial charge is 0.508 e. The zero-order valence-corrected chi connectivity index (χ0v) is 17.9. The van der Waals surface area contributed by atoms with Crippen LogP contribution in [0.5, 0.6) is 11.5 Å². The summed E-state index contributed by atoms with van der Waals surface area (Å²) in [5.74, 6) is 0.799. The van der Waals surface area contributed by atoms with Crippen LogP contribution < -0.4 is 0 Å². The van der Waals surface area contributed by atoms with E-state index < -0.39 is 16.6 Å². The Hall–Kier alpha value is -1.57. The molecule has 0 bridgehead atoms. The van der Waals surface area contributed by atoms with Crippen molar-refractivity contribution in [3.63, 3.8) is 0 Å². The van der Waals surface area contributed by atoms with Crippen LogP contribution in [0, 0.1) is 0 Å². The van der Waals surface area contributed by atoms with E-state index in [1.54, 1.807) is 24.3 Å². The Morgan fingerprint density at radius 1 is 0.760 bits per heavy atom. The third-order valence-electron chi connectivity index (χ3n) is 4.21. The molecule has 0 radical (unpaired) electrons. The van der Waals surface area contributed by atoms with Crippen molar-refractivity contribution in [2.24, 2.45) is 0 Å². The van der Waals surface area contributed by atoms with E-state index in [1.165, 1.54) is 11.1 Å². The van der Waals surface area contributed by atoms with Gasteiger partial charge in [-0.15, -0.1) is 0 Å². The van der Waals surface area contributed by atoms with Gasteiger partial charge in [0.05, 0.1) is 0 Å². The minimum absolute atomic E-state index is 0.234. The minimum atomic E-state index is -1.73. The van der Waals surface area contributed by atoms with E-state index in [4.69, 9.17) is 4.12 Å². The molecule has 0 aliphatic rings. The smallest absolute Gasteiger partial charge is 0.173 e. The van der Waals surface area contributed by atoms with Gasteiger partial charge >= 0.3 is 0 Å². The molecule has 0 heterocycles. The molecule has 3 nitrogen and oxygen atoms in total. The molecule has 2 aromatic carbocycles. The first kappa shape index (κ1) is 19.8. The highest BCUT2D eigenvalue weighted by atomic mass is 28.4. The highest BCUT2D eigenvalue weighted by Crippen LogP contribution is 2.34. The van der Waals surface area contributed by atoms with Crippen LogP contribution in [0.2, 0.25) is 38.8 Å². The van der Waals surface area contributed by atoms with E-state index in [2.05, 4.69) is 32.7 Å². The first-order valence-electron chi connectivity index (χ1n) is 8.84. The second-order valence-electron chi connectivity index (χ2n) is 8.25. The second-order valence-corrected chi connectivity index (χ2v) is 17.3. The average molecular weight is 375 g/mol. The van der Waals surface area contributed by atoms with Crippen molar-refractivity contribution in [1.82, 2.24) is 0 Å². The van der Waals surface area contributed by atoms with Gasteiger partial charge < -0.3 is 14.3 Å². The summed E-state index contributed by atoms with van der Waals surface area (Å²) < 4.78 is 6.48. The highest BCUT2D eigenvalue weighted by molar-refractivity contribution is 6.84. The van der Waals surface area contributed by atoms with Crippen LogP contribution in [0.3, 0.4) is 0 Å². The normalized spacial score (nSPS) is 12.6. The fourth-order valence-corrected chi connectivity index (χ4v) is 11.3. The summed E-state index contributed by atoms with van der Waals surface area (Å²) in [5, 5.41) is 19.2. The molecular formula is C20H30O3Si2. The molecule has 0 aromatic heterocycles. The number of phenols is 2. The Balaban J connectivity index is 2.23. The van der Waals surface area contributed by atoms with Crippen molar-refractivity contribution in [3.8, 4) is 11.5 Å². The van der Waals surface area contributed by atoms with Crippen molar-refractivity contribution in [3.05, 3.63) is 59.7 Å². The molecule has 0 unspecified atom stereocenters. The van der Waals surface area contributed by atoms with Crippen LogP contribution >= 0.6 is 0 Å². The first-order valence-corrected chi connectivity index (χ1v) is 15.4. The van der Waals surface area contributed by atoms with E-state index in [0.717, 1.165) is 12.5 Å². The number of hydrogen-bond acceptors (Lipinski definition) is 3. The Labute approximate surface area is 153 Å². The quantitative estimate of drug-likeness (QED) is 0.613. The Morgan fingerprint density at radius 2 is 1.16 bits per heavy atom. The predicted molar refractivity (Wildman–Crippen MR) is 109 cm³/mol. The summed E-state index contributed by atoms with van der Waals surface area (Å²) >= 11 is 0. The van der Waals surface area contributed by atoms with Gasteiger partial charge in [0.25, 0.3) is 0 Å². The topological polar surface area (TPSA) is 49.7 Å². The molecule has 0 aliphatic heterocycles. The molecule has 0 spiro atoms. The van der Waals surface area contributed by atoms with Crippen molar-refractivity contribution in [2.75, 3.05) is 0 Å². The number of hydrogen-bond donors (Lipinski definition) is 2. The number of rotatable bonds is 7. The third kappa shape index (κ3) is 6.34. The van der Waals surface area contributed by atoms with Gasteiger partial charge in [0.1, 0.15) is 11.5 Å². The summed E-state index contributed by atoms with van der Waals surface area (Å²) in [6, 6.07) is 16.0. The van der Waals surface area contributed by atoms with Crippen LogP contribution in [-0.2, 0) is 4.12 Å². The van der Waals surface area contributed by atoms with Gasteiger partial charge in [-0.2, -0.15) is 0 Å². The molecule has 0 saturated carbocycles. The lowest BCUT2D eigenvalue weighted by molar-refractivity contribution is 0.475. The summed E-state index contributed by atoms with van der Waals surface area (Å²) in [5.41, 5.74) is 2.36. The van der Waals surface area contributed by atoms with Gasteiger partial charge in [0.2, 0.25) is 0 Å². The maximum absolute atomic E-state index is 9.59. The number of benzene rings is 2. The van der Waals surface area contributed by atoms with Gasteiger partial charge in [-0.1, -0.05) is 24.3 Å². The molecule has 136 valence electrons. The molecule has 0 fully saturated rings. The Morgan fingerprint density at radius 3 is 1.52 bits per heavy atom. The zero-order valence-electron chi connectivity index (χ0n) is 15.9. The van der Waals surface area contributed by atoms with Crippen molar-refractivity contribution < 1.29 is 14.3 Å². The molecule has 25 heavy (non-hydrogen) atoms. The zero-order chi connectivity index (χ0) is 18.7. The highest BCUT2D eigenvalue weighted by Gasteiger charge is 2.30. The van der Waals surface area contributed by atoms with Crippen molar-refractivity contribution in [1.29, 1.82) is 0 Å². The summed E-state index contributed by atoms with van der Waals surface area (Å²) in [7, 11) is -3.27. The van der Waals surface area contributed by atoms with Gasteiger partial charge in [-0.25, -0.2) is 0 Å². The maximum atomic E-state index is 9.59. The summed E-state index contributed by atoms with van der Waals surface area (Å²) in [6.07, 6.45) is 0.999. The lowest BCUT2D eigenvalue weighted by atomic mass is 9.89. The lowest BCUT2D eigenvalue weighted by Crippen LogP contribution is -2.42. The van der Waals surface area contributed by atoms with Crippen LogP contribution in [-0.4, -0.2) is 26.8 Å². The van der Waals surface area contributed by atoms with Gasteiger partial charge in [0, 0.05) is 5.92 Å². The summed E-state index contributed by atoms with van der Waals surface area (Å²) in [6.45, 7) is 11.4. The van der Waals surface area contributed by atoms with Gasteiger partial charge in [-0.3, -0.25) is 0 Å². The number of aromatic hydroxyl groups is 2. The molecule has 0 aliphatic carbocycles. The molecule has 0 saturated heterocycles. The molecular weight excluding hydrogens is 344 g/mol. The van der Waals surface area contributed by atoms with E-state index in [0.29, 0.717) is 0 Å². The summed E-state index contributed by atoms with van der Waals surface area (Å²) in [4.78, 5) is 0. The molecule has 0 atom stereocenters. The third-order valence-corrected chi connectivity index (χ3v) is 10.4. The van der Waals surface area contributed by atoms with E-state index in [-0.39, 0.29) is 17.4 Å². The van der Waals surface area contributed by atoms with Crippen LogP contribution in [0.4, 0.5) is 0 Å². The van der Waals surface area contributed by atoms with Crippen LogP contribution in [0.1, 0.15) is 23.5 Å². The molecule has 0 amide bonds. The van der Waals surface area contributed by atoms with Crippen molar-refractivity contribution in [2.45, 2.75) is 51.1 Å². The molecule has 2 N–H and O–H groups in total. The maximum Gasteiger partial charge on any atom is 0.173 e. The number of phenolic OH excluding ortho intramolecular Hbond substituents is 2.